The van der Waals surface area contributed by atoms with Gasteiger partial charge in [-0.2, -0.15) is 5.26 Å². The Hall–Kier alpha value is -2.24. The second-order valence-electron chi connectivity index (χ2n) is 7.41. The quantitative estimate of drug-likeness (QED) is 0.226. The monoisotopic (exact) mass is 569 g/mol. The molecule has 0 aliphatic carbocycles. The topological polar surface area (TPSA) is 48.6 Å². The van der Waals surface area contributed by atoms with Gasteiger partial charge in [0.2, 0.25) is 0 Å². The van der Waals surface area contributed by atoms with Crippen LogP contribution in [0.4, 0.5) is 5.00 Å². The molecule has 4 rings (SSSR count). The molecule has 32 heavy (non-hydrogen) atoms. The summed E-state index contributed by atoms with van der Waals surface area (Å²) in [6, 6.07) is 16.8. The first-order valence-corrected chi connectivity index (χ1v) is 12.6. The molecule has 1 aliphatic heterocycles. The lowest BCUT2D eigenvalue weighted by atomic mass is 10.0. The molecule has 0 fully saturated rings. The summed E-state index contributed by atoms with van der Waals surface area (Å²) in [6.07, 6.45) is 4.38. The van der Waals surface area contributed by atoms with Crippen LogP contribution in [-0.2, 0) is 19.5 Å². The number of nitriles is 1. The Morgan fingerprint density at radius 3 is 2.66 bits per heavy atom. The Labute approximate surface area is 209 Å². The molecule has 162 valence electrons. The average Bonchev–Trinajstić information content (AvgIpc) is 3.14. The number of aliphatic imine (C=N–C) groups is 1. The molecule has 0 amide bonds. The molecule has 3 aromatic rings. The van der Waals surface area contributed by atoms with Gasteiger partial charge in [-0.05, 0) is 67.1 Å². The number of rotatable bonds is 7. The number of fused-ring (bicyclic) bond motifs is 1. The van der Waals surface area contributed by atoms with E-state index in [1.54, 1.807) is 23.6 Å². The fraction of sp³-hybridized carbons (Fsp3) is 0.200. The maximum Gasteiger partial charge on any atom is 0.148 e. The van der Waals surface area contributed by atoms with Gasteiger partial charge in [0.15, 0.2) is 0 Å². The van der Waals surface area contributed by atoms with Crippen molar-refractivity contribution in [3.63, 3.8) is 0 Å². The standard InChI is InChI=1S/C25H21Br2N3OS/c1-2-10-31-24-21(26)11-18(12-22(24)27)14-29-25-20(13-28)19-8-9-30(16-23(19)32-25)15-17-6-4-3-5-7-17/h2-7,11-12,14H,1,8-10,15-16H2. The van der Waals surface area contributed by atoms with Crippen molar-refractivity contribution in [3.05, 3.63) is 91.2 Å². The summed E-state index contributed by atoms with van der Waals surface area (Å²) in [5.74, 6) is 0.727. The van der Waals surface area contributed by atoms with Crippen LogP contribution in [-0.4, -0.2) is 24.3 Å². The van der Waals surface area contributed by atoms with Crippen LogP contribution in [0.25, 0.3) is 0 Å². The number of benzene rings is 2. The first kappa shape index (κ1) is 22.9. The minimum Gasteiger partial charge on any atom is -0.487 e. The van der Waals surface area contributed by atoms with Crippen LogP contribution in [0.1, 0.15) is 27.1 Å². The van der Waals surface area contributed by atoms with Gasteiger partial charge in [0.05, 0.1) is 14.5 Å². The lowest BCUT2D eigenvalue weighted by molar-refractivity contribution is 0.249. The number of hydrogen-bond donors (Lipinski definition) is 0. The summed E-state index contributed by atoms with van der Waals surface area (Å²) in [4.78, 5) is 8.36. The SMILES string of the molecule is C=CCOc1c(Br)cc(C=Nc2sc3c(c2C#N)CCN(Cc2ccccc2)C3)cc1Br. The zero-order valence-corrected chi connectivity index (χ0v) is 21.3. The first-order chi connectivity index (χ1) is 15.6. The van der Waals surface area contributed by atoms with E-state index in [-0.39, 0.29) is 0 Å². The fourth-order valence-electron chi connectivity index (χ4n) is 3.69. The predicted molar refractivity (Wildman–Crippen MR) is 138 cm³/mol. The van der Waals surface area contributed by atoms with Gasteiger partial charge in [-0.15, -0.1) is 11.3 Å². The third-order valence-corrected chi connectivity index (χ3v) is 7.48. The molecule has 0 unspecified atom stereocenters. The zero-order chi connectivity index (χ0) is 22.5. The third kappa shape index (κ3) is 5.21. The molecule has 1 aromatic heterocycles. The van der Waals surface area contributed by atoms with Gasteiger partial charge in [-0.3, -0.25) is 4.90 Å². The lowest BCUT2D eigenvalue weighted by Crippen LogP contribution is -2.29. The van der Waals surface area contributed by atoms with Gasteiger partial charge in [-0.1, -0.05) is 43.0 Å². The molecule has 2 aromatic carbocycles. The van der Waals surface area contributed by atoms with Crippen LogP contribution >= 0.6 is 43.2 Å². The lowest BCUT2D eigenvalue weighted by Gasteiger charge is -2.26. The molecule has 4 nitrogen and oxygen atoms in total. The van der Waals surface area contributed by atoms with Crippen LogP contribution in [0.3, 0.4) is 0 Å². The third-order valence-electron chi connectivity index (χ3n) is 5.18. The molecule has 0 atom stereocenters. The zero-order valence-electron chi connectivity index (χ0n) is 17.4. The fourth-order valence-corrected chi connectivity index (χ4v) is 6.33. The molecule has 0 radical (unpaired) electrons. The van der Waals surface area contributed by atoms with E-state index >= 15 is 0 Å². The van der Waals surface area contributed by atoms with Crippen molar-refractivity contribution in [1.82, 2.24) is 4.90 Å². The van der Waals surface area contributed by atoms with Crippen LogP contribution in [0, 0.1) is 11.3 Å². The molecule has 0 spiro atoms. The van der Waals surface area contributed by atoms with Gasteiger partial charge < -0.3 is 4.74 Å². The largest absolute Gasteiger partial charge is 0.487 e. The smallest absolute Gasteiger partial charge is 0.148 e. The van der Waals surface area contributed by atoms with Crippen molar-refractivity contribution in [2.24, 2.45) is 4.99 Å². The molecule has 1 aliphatic rings. The van der Waals surface area contributed by atoms with Gasteiger partial charge in [0, 0.05) is 30.7 Å². The Morgan fingerprint density at radius 1 is 1.22 bits per heavy atom. The van der Waals surface area contributed by atoms with Gasteiger partial charge >= 0.3 is 0 Å². The predicted octanol–water partition coefficient (Wildman–Crippen LogP) is 7.02. The average molecular weight is 571 g/mol. The van der Waals surface area contributed by atoms with E-state index in [1.807, 2.05) is 18.2 Å². The molecular formula is C25H21Br2N3OS. The Morgan fingerprint density at radius 2 is 1.97 bits per heavy atom. The van der Waals surface area contributed by atoms with Crippen molar-refractivity contribution in [3.8, 4) is 11.8 Å². The van der Waals surface area contributed by atoms with Crippen molar-refractivity contribution < 1.29 is 4.74 Å². The van der Waals surface area contributed by atoms with E-state index in [1.165, 1.54) is 10.4 Å². The second-order valence-corrected chi connectivity index (χ2v) is 10.2. The Kier molecular flexibility index (Phi) is 7.59. The first-order valence-electron chi connectivity index (χ1n) is 10.2. The maximum atomic E-state index is 9.80. The highest BCUT2D eigenvalue weighted by atomic mass is 79.9. The van der Waals surface area contributed by atoms with Gasteiger partial charge in [-0.25, -0.2) is 4.99 Å². The van der Waals surface area contributed by atoms with E-state index in [2.05, 4.69) is 78.7 Å². The van der Waals surface area contributed by atoms with Gasteiger partial charge in [0.25, 0.3) is 0 Å². The van der Waals surface area contributed by atoms with E-state index < -0.39 is 0 Å². The summed E-state index contributed by atoms with van der Waals surface area (Å²) < 4.78 is 7.34. The van der Waals surface area contributed by atoms with Crippen LogP contribution < -0.4 is 4.74 Å². The minimum absolute atomic E-state index is 0.429. The van der Waals surface area contributed by atoms with Crippen LogP contribution in [0.5, 0.6) is 5.75 Å². The highest BCUT2D eigenvalue weighted by Gasteiger charge is 2.24. The summed E-state index contributed by atoms with van der Waals surface area (Å²) in [7, 11) is 0. The van der Waals surface area contributed by atoms with Crippen LogP contribution in [0.2, 0.25) is 0 Å². The van der Waals surface area contributed by atoms with Gasteiger partial charge in [0.1, 0.15) is 23.4 Å². The minimum atomic E-state index is 0.429. The molecule has 0 saturated carbocycles. The summed E-state index contributed by atoms with van der Waals surface area (Å²) >= 11 is 8.73. The van der Waals surface area contributed by atoms with Crippen molar-refractivity contribution in [2.45, 2.75) is 19.5 Å². The van der Waals surface area contributed by atoms with Crippen LogP contribution in [0.15, 0.2) is 69.1 Å². The maximum absolute atomic E-state index is 9.80. The number of halogens is 2. The van der Waals surface area contributed by atoms with E-state index in [0.29, 0.717) is 12.2 Å². The Balaban J connectivity index is 1.54. The molecule has 7 heteroatoms. The molecular weight excluding hydrogens is 550 g/mol. The highest BCUT2D eigenvalue weighted by molar-refractivity contribution is 9.11. The van der Waals surface area contributed by atoms with E-state index in [4.69, 9.17) is 4.74 Å². The Bertz CT molecular complexity index is 1170. The van der Waals surface area contributed by atoms with Crippen molar-refractivity contribution >= 4 is 54.4 Å². The normalized spacial score (nSPS) is 13.7. The number of hydrogen-bond acceptors (Lipinski definition) is 5. The summed E-state index contributed by atoms with van der Waals surface area (Å²) in [5, 5.41) is 10.6. The summed E-state index contributed by atoms with van der Waals surface area (Å²) in [6.45, 7) is 6.83. The molecule has 0 bridgehead atoms. The summed E-state index contributed by atoms with van der Waals surface area (Å²) in [5.41, 5.74) is 4.09. The number of ether oxygens (including phenoxy) is 1. The van der Waals surface area contributed by atoms with E-state index in [0.717, 1.165) is 56.9 Å². The highest BCUT2D eigenvalue weighted by Crippen LogP contribution is 2.39. The molecule has 0 N–H and O–H groups in total. The molecule has 0 saturated heterocycles. The van der Waals surface area contributed by atoms with Crippen molar-refractivity contribution in [1.29, 1.82) is 5.26 Å². The molecule has 2 heterocycles. The van der Waals surface area contributed by atoms with E-state index in [9.17, 15) is 5.26 Å². The number of nitrogens with zero attached hydrogens (tertiary/aromatic N) is 3. The van der Waals surface area contributed by atoms with Crippen molar-refractivity contribution in [2.75, 3.05) is 13.2 Å². The second kappa shape index (κ2) is 10.6. The number of thiophene rings is 1.